The van der Waals surface area contributed by atoms with E-state index in [0.29, 0.717) is 29.8 Å². The maximum atomic E-state index is 11.9. The maximum absolute atomic E-state index is 11.9. The van der Waals surface area contributed by atoms with Crippen LogP contribution in [0.3, 0.4) is 0 Å². The Balaban J connectivity index is 2.00. The summed E-state index contributed by atoms with van der Waals surface area (Å²) in [6.45, 7) is 0.976. The molecule has 0 saturated heterocycles. The van der Waals surface area contributed by atoms with Crippen molar-refractivity contribution in [2.45, 2.75) is 18.9 Å². The molecular formula is C12H16ClN3O. The molecular weight excluding hydrogens is 238 g/mol. The fourth-order valence-electron chi connectivity index (χ4n) is 1.70. The number of nitrogens with one attached hydrogen (secondary N) is 1. The van der Waals surface area contributed by atoms with E-state index in [4.69, 9.17) is 17.3 Å². The Morgan fingerprint density at radius 2 is 2.35 bits per heavy atom. The van der Waals surface area contributed by atoms with E-state index in [9.17, 15) is 4.79 Å². The highest BCUT2D eigenvalue weighted by Crippen LogP contribution is 2.37. The van der Waals surface area contributed by atoms with Gasteiger partial charge in [-0.3, -0.25) is 4.79 Å². The number of aromatic nitrogens is 1. The van der Waals surface area contributed by atoms with Crippen LogP contribution in [0.1, 0.15) is 29.4 Å². The number of hydrogen-bond acceptors (Lipinski definition) is 2. The Morgan fingerprint density at radius 3 is 3.00 bits per heavy atom. The highest BCUT2D eigenvalue weighted by Gasteiger charge is 2.27. The summed E-state index contributed by atoms with van der Waals surface area (Å²) >= 11 is 5.93. The molecule has 1 fully saturated rings. The number of carbonyl (C=O) groups is 1. The van der Waals surface area contributed by atoms with Gasteiger partial charge in [0.05, 0.1) is 5.02 Å². The van der Waals surface area contributed by atoms with Crippen LogP contribution < -0.4 is 11.1 Å². The van der Waals surface area contributed by atoms with Gasteiger partial charge >= 0.3 is 0 Å². The summed E-state index contributed by atoms with van der Waals surface area (Å²) in [5.74, 6) is -0.0922. The number of nitrogens with two attached hydrogens (primary N) is 1. The predicted octanol–water partition coefficient (Wildman–Crippen LogP) is 1.72. The van der Waals surface area contributed by atoms with E-state index in [1.54, 1.807) is 6.07 Å². The molecule has 1 aromatic rings. The lowest BCUT2D eigenvalue weighted by atomic mass is 10.4. The predicted molar refractivity (Wildman–Crippen MR) is 68.2 cm³/mol. The minimum absolute atomic E-state index is 0.0922. The van der Waals surface area contributed by atoms with Crippen molar-refractivity contribution in [2.75, 3.05) is 13.1 Å². The van der Waals surface area contributed by atoms with Gasteiger partial charge < -0.3 is 15.6 Å². The van der Waals surface area contributed by atoms with E-state index < -0.39 is 0 Å². The van der Waals surface area contributed by atoms with Crippen molar-refractivity contribution in [2.24, 2.45) is 5.73 Å². The molecule has 5 heteroatoms. The van der Waals surface area contributed by atoms with Gasteiger partial charge in [-0.25, -0.2) is 0 Å². The second-order valence-corrected chi connectivity index (χ2v) is 4.54. The zero-order chi connectivity index (χ0) is 12.3. The fraction of sp³-hybridized carbons (Fsp3) is 0.417. The lowest BCUT2D eigenvalue weighted by molar-refractivity contribution is 0.0948. The number of rotatable bonds is 5. The van der Waals surface area contributed by atoms with E-state index in [2.05, 4.69) is 5.32 Å². The fourth-order valence-corrected chi connectivity index (χ4v) is 1.91. The van der Waals surface area contributed by atoms with E-state index in [-0.39, 0.29) is 5.91 Å². The van der Waals surface area contributed by atoms with Gasteiger partial charge in [-0.1, -0.05) is 23.8 Å². The largest absolute Gasteiger partial charge is 0.347 e. The van der Waals surface area contributed by atoms with Gasteiger partial charge in [0.15, 0.2) is 0 Å². The van der Waals surface area contributed by atoms with Gasteiger partial charge in [0, 0.05) is 25.3 Å². The molecule has 92 valence electrons. The first kappa shape index (κ1) is 12.2. The number of hydrogen-bond donors (Lipinski definition) is 2. The summed E-state index contributed by atoms with van der Waals surface area (Å²) in [5.41, 5.74) is 5.95. The third-order valence-corrected chi connectivity index (χ3v) is 2.88. The molecule has 4 nitrogen and oxygen atoms in total. The van der Waals surface area contributed by atoms with E-state index in [0.717, 1.165) is 12.8 Å². The van der Waals surface area contributed by atoms with Crippen molar-refractivity contribution in [3.8, 4) is 0 Å². The number of amides is 1. The van der Waals surface area contributed by atoms with Crippen LogP contribution in [0.15, 0.2) is 24.4 Å². The Morgan fingerprint density at radius 1 is 1.59 bits per heavy atom. The van der Waals surface area contributed by atoms with Gasteiger partial charge in [-0.15, -0.1) is 0 Å². The molecule has 0 spiro atoms. The van der Waals surface area contributed by atoms with E-state index >= 15 is 0 Å². The van der Waals surface area contributed by atoms with Gasteiger partial charge in [0.2, 0.25) is 0 Å². The van der Waals surface area contributed by atoms with Crippen LogP contribution in [0.25, 0.3) is 0 Å². The molecule has 1 heterocycles. The van der Waals surface area contributed by atoms with Crippen molar-refractivity contribution in [3.05, 3.63) is 35.1 Å². The monoisotopic (exact) mass is 253 g/mol. The zero-order valence-corrected chi connectivity index (χ0v) is 10.3. The van der Waals surface area contributed by atoms with Crippen molar-refractivity contribution in [1.82, 2.24) is 9.88 Å². The standard InChI is InChI=1S/C12H16ClN3O/c13-9-7-11(16(8-9)10-3-4-10)12(17)15-6-2-1-5-14/h1-2,7-8,10H,3-6,14H2,(H,15,17)/b2-1+. The molecule has 1 aliphatic rings. The maximum Gasteiger partial charge on any atom is 0.268 e. The van der Waals surface area contributed by atoms with Crippen LogP contribution >= 0.6 is 11.6 Å². The number of halogens is 1. The average molecular weight is 254 g/mol. The van der Waals surface area contributed by atoms with E-state index in [1.165, 1.54) is 0 Å². The van der Waals surface area contributed by atoms with Crippen molar-refractivity contribution in [3.63, 3.8) is 0 Å². The van der Waals surface area contributed by atoms with Gasteiger partial charge in [0.1, 0.15) is 5.69 Å². The Kier molecular flexibility index (Phi) is 3.86. The van der Waals surface area contributed by atoms with Crippen LogP contribution in [0.2, 0.25) is 5.02 Å². The lowest BCUT2D eigenvalue weighted by Crippen LogP contribution is -2.25. The topological polar surface area (TPSA) is 60.0 Å². The smallest absolute Gasteiger partial charge is 0.268 e. The first-order valence-electron chi connectivity index (χ1n) is 5.73. The highest BCUT2D eigenvalue weighted by atomic mass is 35.5. The van der Waals surface area contributed by atoms with Crippen molar-refractivity contribution < 1.29 is 4.79 Å². The Labute approximate surface area is 105 Å². The summed E-state index contributed by atoms with van der Waals surface area (Å²) in [5, 5.41) is 3.42. The van der Waals surface area contributed by atoms with Crippen molar-refractivity contribution in [1.29, 1.82) is 0 Å². The minimum atomic E-state index is -0.0922. The summed E-state index contributed by atoms with van der Waals surface area (Å²) in [4.78, 5) is 11.9. The Hall–Kier alpha value is -1.26. The molecule has 0 bridgehead atoms. The third kappa shape index (κ3) is 3.11. The molecule has 2 rings (SSSR count). The average Bonchev–Trinajstić information content (AvgIpc) is 3.08. The van der Waals surface area contributed by atoms with Gasteiger partial charge in [-0.2, -0.15) is 0 Å². The third-order valence-electron chi connectivity index (χ3n) is 2.67. The first-order valence-corrected chi connectivity index (χ1v) is 6.11. The van der Waals surface area contributed by atoms with Crippen molar-refractivity contribution >= 4 is 17.5 Å². The number of nitrogens with zero attached hydrogens (tertiary/aromatic N) is 1. The Bertz CT molecular complexity index is 435. The normalized spacial score (nSPS) is 15.4. The van der Waals surface area contributed by atoms with Gasteiger partial charge in [0.25, 0.3) is 5.91 Å². The zero-order valence-electron chi connectivity index (χ0n) is 9.53. The second-order valence-electron chi connectivity index (χ2n) is 4.10. The van der Waals surface area contributed by atoms with Crippen LogP contribution in [0.4, 0.5) is 0 Å². The molecule has 0 aromatic carbocycles. The summed E-state index contributed by atoms with van der Waals surface area (Å²) in [7, 11) is 0. The molecule has 1 amide bonds. The molecule has 1 aliphatic carbocycles. The quantitative estimate of drug-likeness (QED) is 0.785. The molecule has 0 unspecified atom stereocenters. The number of carbonyl (C=O) groups excluding carboxylic acids is 1. The lowest BCUT2D eigenvalue weighted by Gasteiger charge is -2.06. The molecule has 3 N–H and O–H groups in total. The molecule has 1 saturated carbocycles. The molecule has 0 radical (unpaired) electrons. The molecule has 1 aromatic heterocycles. The summed E-state index contributed by atoms with van der Waals surface area (Å²) in [6, 6.07) is 2.16. The second kappa shape index (κ2) is 5.38. The molecule has 17 heavy (non-hydrogen) atoms. The highest BCUT2D eigenvalue weighted by molar-refractivity contribution is 6.31. The van der Waals surface area contributed by atoms with Crippen LogP contribution in [-0.4, -0.2) is 23.6 Å². The SMILES string of the molecule is NC/C=C/CNC(=O)c1cc(Cl)cn1C1CC1. The van der Waals surface area contributed by atoms with Crippen LogP contribution in [0.5, 0.6) is 0 Å². The summed E-state index contributed by atoms with van der Waals surface area (Å²) < 4.78 is 1.96. The molecule has 0 aliphatic heterocycles. The minimum Gasteiger partial charge on any atom is -0.347 e. The van der Waals surface area contributed by atoms with Crippen LogP contribution in [-0.2, 0) is 0 Å². The van der Waals surface area contributed by atoms with Gasteiger partial charge in [-0.05, 0) is 18.9 Å². The molecule has 0 atom stereocenters. The van der Waals surface area contributed by atoms with E-state index in [1.807, 2.05) is 22.9 Å². The summed E-state index contributed by atoms with van der Waals surface area (Å²) in [6.07, 6.45) is 7.72. The van der Waals surface area contributed by atoms with Crippen LogP contribution in [0, 0.1) is 0 Å². The first-order chi connectivity index (χ1) is 8.22.